The summed E-state index contributed by atoms with van der Waals surface area (Å²) >= 11 is 1.67. The Kier molecular flexibility index (Phi) is 3.48. The average Bonchev–Trinajstić information content (AvgIpc) is 2.79. The van der Waals surface area contributed by atoms with Crippen LogP contribution in [-0.4, -0.2) is 21.4 Å². The lowest BCUT2D eigenvalue weighted by molar-refractivity contribution is 0.764. The van der Waals surface area contributed by atoms with Crippen LogP contribution >= 0.6 is 11.8 Å². The third-order valence-electron chi connectivity index (χ3n) is 2.80. The molecule has 4 nitrogen and oxygen atoms in total. The molecule has 0 bridgehead atoms. The van der Waals surface area contributed by atoms with Gasteiger partial charge in [0.25, 0.3) is 0 Å². The van der Waals surface area contributed by atoms with Crippen molar-refractivity contribution in [1.29, 1.82) is 0 Å². The van der Waals surface area contributed by atoms with Crippen LogP contribution in [0.2, 0.25) is 0 Å². The lowest BCUT2D eigenvalue weighted by Crippen LogP contribution is -2.08. The van der Waals surface area contributed by atoms with E-state index in [4.69, 9.17) is 4.98 Å². The lowest BCUT2D eigenvalue weighted by Gasteiger charge is -2.03. The van der Waals surface area contributed by atoms with Crippen LogP contribution in [0.1, 0.15) is 5.69 Å². The molecule has 3 aromatic rings. The van der Waals surface area contributed by atoms with Crippen molar-refractivity contribution in [1.82, 2.24) is 19.7 Å². The van der Waals surface area contributed by atoms with Crippen molar-refractivity contribution in [3.8, 4) is 0 Å². The van der Waals surface area contributed by atoms with Crippen LogP contribution in [0, 0.1) is 0 Å². The van der Waals surface area contributed by atoms with Crippen molar-refractivity contribution in [2.45, 2.75) is 16.5 Å². The first kappa shape index (κ1) is 12.2. The second kappa shape index (κ2) is 5.42. The zero-order valence-electron chi connectivity index (χ0n) is 10.6. The molecule has 5 heteroatoms. The second-order valence-corrected chi connectivity index (χ2v) is 5.17. The molecule has 0 saturated heterocycles. The van der Waals surface area contributed by atoms with E-state index < -0.39 is 0 Å². The Balaban J connectivity index is 2.04. The van der Waals surface area contributed by atoms with Crippen LogP contribution in [-0.2, 0) is 6.54 Å². The van der Waals surface area contributed by atoms with Gasteiger partial charge in [-0.3, -0.25) is 4.98 Å². The van der Waals surface area contributed by atoms with Crippen molar-refractivity contribution >= 4 is 17.4 Å². The van der Waals surface area contributed by atoms with Crippen molar-refractivity contribution in [3.05, 3.63) is 54.6 Å². The quantitative estimate of drug-likeness (QED) is 0.791. The number of pyridine rings is 2. The fraction of sp³-hybridized carbons (Fsp3) is 0.143. The topological polar surface area (TPSA) is 42.2 Å². The fourth-order valence-corrected chi connectivity index (χ4v) is 2.86. The van der Waals surface area contributed by atoms with E-state index in [-0.39, 0.29) is 0 Å². The van der Waals surface area contributed by atoms with Crippen LogP contribution in [0.4, 0.5) is 0 Å². The average molecular weight is 270 g/mol. The van der Waals surface area contributed by atoms with Gasteiger partial charge in [-0.05, 0) is 31.3 Å². The van der Waals surface area contributed by atoms with Gasteiger partial charge in [-0.2, -0.15) is 0 Å². The van der Waals surface area contributed by atoms with Gasteiger partial charge in [0.2, 0.25) is 0 Å². The summed E-state index contributed by atoms with van der Waals surface area (Å²) in [6.07, 6.45) is 5.65. The summed E-state index contributed by atoms with van der Waals surface area (Å²) in [5, 5.41) is 4.24. The Bertz CT molecular complexity index is 678. The summed E-state index contributed by atoms with van der Waals surface area (Å²) in [5.74, 6) is 0. The molecule has 0 aliphatic carbocycles. The predicted molar refractivity (Wildman–Crippen MR) is 76.3 cm³/mol. The van der Waals surface area contributed by atoms with Gasteiger partial charge in [0.1, 0.15) is 10.7 Å². The van der Waals surface area contributed by atoms with Crippen LogP contribution in [0.3, 0.4) is 0 Å². The van der Waals surface area contributed by atoms with Crippen LogP contribution in [0.25, 0.3) is 5.65 Å². The number of imidazole rings is 1. The van der Waals surface area contributed by atoms with E-state index in [0.29, 0.717) is 0 Å². The van der Waals surface area contributed by atoms with Crippen molar-refractivity contribution < 1.29 is 0 Å². The van der Waals surface area contributed by atoms with Gasteiger partial charge in [-0.1, -0.05) is 17.8 Å². The number of fused-ring (bicyclic) bond motifs is 1. The molecule has 0 unspecified atom stereocenters. The highest BCUT2D eigenvalue weighted by Gasteiger charge is 2.12. The number of hydrogen-bond acceptors (Lipinski definition) is 4. The molecule has 3 heterocycles. The Morgan fingerprint density at radius 3 is 2.84 bits per heavy atom. The van der Waals surface area contributed by atoms with E-state index in [9.17, 15) is 0 Å². The standard InChI is InChI=1S/C14H14N4S/c1-15-10-12-14(19-11-5-7-16-8-6-11)17-13-4-2-3-9-18(12)13/h2-9,15H,10H2,1H3. The van der Waals surface area contributed by atoms with Crippen molar-refractivity contribution in [3.63, 3.8) is 0 Å². The van der Waals surface area contributed by atoms with E-state index in [2.05, 4.69) is 14.7 Å². The molecule has 0 aliphatic heterocycles. The molecule has 0 atom stereocenters. The minimum Gasteiger partial charge on any atom is -0.314 e. The maximum absolute atomic E-state index is 4.69. The second-order valence-electron chi connectivity index (χ2n) is 4.11. The van der Waals surface area contributed by atoms with E-state index in [1.165, 1.54) is 5.69 Å². The van der Waals surface area contributed by atoms with Gasteiger partial charge in [0.05, 0.1) is 5.69 Å². The molecule has 0 aliphatic rings. The van der Waals surface area contributed by atoms with E-state index in [1.807, 2.05) is 43.6 Å². The van der Waals surface area contributed by atoms with Gasteiger partial charge in [0.15, 0.2) is 0 Å². The van der Waals surface area contributed by atoms with Gasteiger partial charge < -0.3 is 9.72 Å². The molecular formula is C14H14N4S. The van der Waals surface area contributed by atoms with Crippen molar-refractivity contribution in [2.75, 3.05) is 7.05 Å². The summed E-state index contributed by atoms with van der Waals surface area (Å²) < 4.78 is 2.13. The zero-order valence-corrected chi connectivity index (χ0v) is 11.4. The zero-order chi connectivity index (χ0) is 13.1. The molecule has 0 fully saturated rings. The molecule has 0 aromatic carbocycles. The van der Waals surface area contributed by atoms with Gasteiger partial charge in [-0.15, -0.1) is 0 Å². The smallest absolute Gasteiger partial charge is 0.138 e. The van der Waals surface area contributed by atoms with Gasteiger partial charge in [0, 0.05) is 30.0 Å². The summed E-state index contributed by atoms with van der Waals surface area (Å²) in [7, 11) is 1.95. The third-order valence-corrected chi connectivity index (χ3v) is 3.83. The largest absolute Gasteiger partial charge is 0.314 e. The summed E-state index contributed by atoms with van der Waals surface area (Å²) in [4.78, 5) is 9.88. The first-order valence-electron chi connectivity index (χ1n) is 6.07. The third kappa shape index (κ3) is 2.47. The number of hydrogen-bond donors (Lipinski definition) is 1. The molecule has 1 N–H and O–H groups in total. The van der Waals surface area contributed by atoms with Crippen LogP contribution in [0.15, 0.2) is 58.8 Å². The Hall–Kier alpha value is -1.85. The minimum atomic E-state index is 0.790. The Morgan fingerprint density at radius 2 is 2.05 bits per heavy atom. The van der Waals surface area contributed by atoms with Crippen molar-refractivity contribution in [2.24, 2.45) is 0 Å². The molecule has 3 rings (SSSR count). The fourth-order valence-electron chi connectivity index (χ4n) is 1.95. The summed E-state index contributed by atoms with van der Waals surface area (Å²) in [6.45, 7) is 0.790. The number of rotatable bonds is 4. The molecule has 0 radical (unpaired) electrons. The highest BCUT2D eigenvalue weighted by atomic mass is 32.2. The number of aromatic nitrogens is 3. The first-order chi connectivity index (χ1) is 9.38. The highest BCUT2D eigenvalue weighted by molar-refractivity contribution is 7.99. The van der Waals surface area contributed by atoms with E-state index >= 15 is 0 Å². The normalized spacial score (nSPS) is 11.0. The first-order valence-corrected chi connectivity index (χ1v) is 6.88. The molecular weight excluding hydrogens is 256 g/mol. The predicted octanol–water partition coefficient (Wildman–Crippen LogP) is 2.60. The van der Waals surface area contributed by atoms with Gasteiger partial charge >= 0.3 is 0 Å². The molecule has 0 amide bonds. The van der Waals surface area contributed by atoms with Gasteiger partial charge in [-0.25, -0.2) is 4.98 Å². The minimum absolute atomic E-state index is 0.790. The van der Waals surface area contributed by atoms with Crippen LogP contribution in [0.5, 0.6) is 0 Å². The SMILES string of the molecule is CNCc1c(Sc2ccncc2)nc2ccccn12. The van der Waals surface area contributed by atoms with E-state index in [1.54, 1.807) is 24.2 Å². The van der Waals surface area contributed by atoms with E-state index in [0.717, 1.165) is 22.1 Å². The monoisotopic (exact) mass is 270 g/mol. The molecule has 19 heavy (non-hydrogen) atoms. The summed E-state index contributed by atoms with van der Waals surface area (Å²) in [6, 6.07) is 10.0. The lowest BCUT2D eigenvalue weighted by atomic mass is 10.4. The Labute approximate surface area is 115 Å². The van der Waals surface area contributed by atoms with Crippen LogP contribution < -0.4 is 5.32 Å². The number of nitrogens with one attached hydrogen (secondary N) is 1. The number of nitrogens with zero attached hydrogens (tertiary/aromatic N) is 3. The molecule has 3 aromatic heterocycles. The maximum Gasteiger partial charge on any atom is 0.138 e. The Morgan fingerprint density at radius 1 is 1.21 bits per heavy atom. The summed E-state index contributed by atoms with van der Waals surface area (Å²) in [5.41, 5.74) is 2.16. The highest BCUT2D eigenvalue weighted by Crippen LogP contribution is 2.29. The molecule has 0 saturated carbocycles. The molecule has 0 spiro atoms. The maximum atomic E-state index is 4.69. The molecule has 96 valence electrons.